The molecule has 1 aliphatic rings. The highest BCUT2D eigenvalue weighted by atomic mass is 32.2. The SMILES string of the molecule is O=S(=O)(c1ccc(Oc2ccccc2)cc1)N1C[C@H](O)CC1c1ccccn1. The average molecular weight is 396 g/mol. The number of hydrogen-bond acceptors (Lipinski definition) is 5. The van der Waals surface area contributed by atoms with Crippen molar-refractivity contribution >= 4 is 10.0 Å². The first-order valence-corrected chi connectivity index (χ1v) is 10.4. The molecule has 0 saturated carbocycles. The third-order valence-corrected chi connectivity index (χ3v) is 6.56. The summed E-state index contributed by atoms with van der Waals surface area (Å²) in [7, 11) is -3.78. The third-order valence-electron chi connectivity index (χ3n) is 4.67. The van der Waals surface area contributed by atoms with E-state index in [0.29, 0.717) is 23.6 Å². The highest BCUT2D eigenvalue weighted by molar-refractivity contribution is 7.89. The zero-order valence-corrected chi connectivity index (χ0v) is 15.9. The number of aliphatic hydroxyl groups is 1. The molecule has 7 heteroatoms. The molecule has 2 aromatic carbocycles. The predicted octanol–water partition coefficient (Wildman–Crippen LogP) is 3.37. The third kappa shape index (κ3) is 3.77. The zero-order chi connectivity index (χ0) is 19.6. The lowest BCUT2D eigenvalue weighted by Crippen LogP contribution is -2.32. The monoisotopic (exact) mass is 396 g/mol. The summed E-state index contributed by atoms with van der Waals surface area (Å²) in [5.74, 6) is 1.23. The van der Waals surface area contributed by atoms with Crippen LogP contribution < -0.4 is 4.74 Å². The summed E-state index contributed by atoms with van der Waals surface area (Å²) in [5.41, 5.74) is 0.631. The van der Waals surface area contributed by atoms with Crippen molar-refractivity contribution in [3.63, 3.8) is 0 Å². The minimum absolute atomic E-state index is 0.0475. The summed E-state index contributed by atoms with van der Waals surface area (Å²) < 4.78 is 33.4. The molecule has 4 rings (SSSR count). The zero-order valence-electron chi connectivity index (χ0n) is 15.0. The predicted molar refractivity (Wildman–Crippen MR) is 104 cm³/mol. The van der Waals surface area contributed by atoms with Crippen LogP contribution >= 0.6 is 0 Å². The lowest BCUT2D eigenvalue weighted by Gasteiger charge is -2.23. The van der Waals surface area contributed by atoms with Gasteiger partial charge in [0.25, 0.3) is 0 Å². The summed E-state index contributed by atoms with van der Waals surface area (Å²) in [6.07, 6.45) is 1.23. The Hall–Kier alpha value is -2.74. The van der Waals surface area contributed by atoms with E-state index in [0.717, 1.165) is 0 Å². The van der Waals surface area contributed by atoms with E-state index in [9.17, 15) is 13.5 Å². The van der Waals surface area contributed by atoms with E-state index >= 15 is 0 Å². The number of aliphatic hydroxyl groups excluding tert-OH is 1. The molecule has 1 saturated heterocycles. The van der Waals surface area contributed by atoms with Crippen LogP contribution in [0.2, 0.25) is 0 Å². The van der Waals surface area contributed by atoms with E-state index in [4.69, 9.17) is 4.74 Å². The fourth-order valence-corrected chi connectivity index (χ4v) is 4.98. The Morgan fingerprint density at radius 1 is 0.929 bits per heavy atom. The molecular weight excluding hydrogens is 376 g/mol. The van der Waals surface area contributed by atoms with Gasteiger partial charge in [-0.25, -0.2) is 8.42 Å². The van der Waals surface area contributed by atoms with Gasteiger partial charge in [0, 0.05) is 12.7 Å². The van der Waals surface area contributed by atoms with E-state index in [1.165, 1.54) is 16.4 Å². The van der Waals surface area contributed by atoms with Crippen molar-refractivity contribution in [2.24, 2.45) is 0 Å². The van der Waals surface area contributed by atoms with Crippen molar-refractivity contribution in [1.82, 2.24) is 9.29 Å². The van der Waals surface area contributed by atoms with Gasteiger partial charge in [0.05, 0.1) is 22.7 Å². The van der Waals surface area contributed by atoms with Gasteiger partial charge in [-0.2, -0.15) is 4.31 Å². The summed E-state index contributed by atoms with van der Waals surface area (Å²) in [6.45, 7) is 0.0475. The van der Waals surface area contributed by atoms with Crippen LogP contribution in [0, 0.1) is 0 Å². The van der Waals surface area contributed by atoms with E-state index in [-0.39, 0.29) is 11.4 Å². The van der Waals surface area contributed by atoms with Gasteiger partial charge in [-0.05, 0) is 55.0 Å². The Morgan fingerprint density at radius 2 is 1.61 bits per heavy atom. The molecular formula is C21H20N2O4S. The highest BCUT2D eigenvalue weighted by Gasteiger charge is 2.41. The maximum Gasteiger partial charge on any atom is 0.243 e. The molecule has 1 aliphatic heterocycles. The Bertz CT molecular complexity index is 1030. The number of ether oxygens (including phenoxy) is 1. The molecule has 1 unspecified atom stereocenters. The van der Waals surface area contributed by atoms with Gasteiger partial charge >= 0.3 is 0 Å². The molecule has 1 N–H and O–H groups in total. The molecule has 0 amide bonds. The second kappa shape index (κ2) is 7.71. The Balaban J connectivity index is 1.58. The van der Waals surface area contributed by atoms with E-state index < -0.39 is 22.2 Å². The number of pyridine rings is 1. The second-order valence-electron chi connectivity index (χ2n) is 6.62. The molecule has 3 aromatic rings. The van der Waals surface area contributed by atoms with Crippen LogP contribution in [-0.2, 0) is 10.0 Å². The molecule has 2 heterocycles. The number of β-amino-alcohol motifs (C(OH)–C–C–N with tert-alkyl or cyclic N) is 1. The van der Waals surface area contributed by atoms with Gasteiger partial charge in [-0.1, -0.05) is 24.3 Å². The van der Waals surface area contributed by atoms with E-state index in [2.05, 4.69) is 4.98 Å². The van der Waals surface area contributed by atoms with Crippen molar-refractivity contribution in [2.75, 3.05) is 6.54 Å². The number of rotatable bonds is 5. The molecule has 1 fully saturated rings. The molecule has 0 radical (unpaired) electrons. The van der Waals surface area contributed by atoms with Crippen molar-refractivity contribution in [3.05, 3.63) is 84.7 Å². The van der Waals surface area contributed by atoms with Crippen LogP contribution in [-0.4, -0.2) is 35.5 Å². The number of sulfonamides is 1. The molecule has 1 aromatic heterocycles. The number of benzene rings is 2. The van der Waals surface area contributed by atoms with Gasteiger partial charge in [0.2, 0.25) is 10.0 Å². The molecule has 144 valence electrons. The number of para-hydroxylation sites is 1. The summed E-state index contributed by atoms with van der Waals surface area (Å²) >= 11 is 0. The first kappa shape index (κ1) is 18.6. The summed E-state index contributed by atoms with van der Waals surface area (Å²) in [4.78, 5) is 4.43. The van der Waals surface area contributed by atoms with E-state index in [1.807, 2.05) is 36.4 Å². The van der Waals surface area contributed by atoms with Gasteiger partial charge in [0.1, 0.15) is 11.5 Å². The second-order valence-corrected chi connectivity index (χ2v) is 8.51. The molecule has 0 aliphatic carbocycles. The van der Waals surface area contributed by atoms with Crippen LogP contribution in [0.25, 0.3) is 0 Å². The van der Waals surface area contributed by atoms with E-state index in [1.54, 1.807) is 30.5 Å². The van der Waals surface area contributed by atoms with Crippen molar-refractivity contribution in [2.45, 2.75) is 23.5 Å². The minimum Gasteiger partial charge on any atom is -0.457 e. The molecule has 2 atom stereocenters. The van der Waals surface area contributed by atoms with Crippen molar-refractivity contribution < 1.29 is 18.3 Å². The summed E-state index contributed by atoms with van der Waals surface area (Å²) in [5, 5.41) is 10.1. The normalized spacial score (nSPS) is 20.2. The lowest BCUT2D eigenvalue weighted by atomic mass is 10.1. The lowest BCUT2D eigenvalue weighted by molar-refractivity contribution is 0.188. The molecule has 0 spiro atoms. The molecule has 28 heavy (non-hydrogen) atoms. The Labute approximate surface area is 164 Å². The fourth-order valence-electron chi connectivity index (χ4n) is 3.33. The van der Waals surface area contributed by atoms with Crippen LogP contribution in [0.3, 0.4) is 0 Å². The van der Waals surface area contributed by atoms with Crippen molar-refractivity contribution in [3.8, 4) is 11.5 Å². The van der Waals surface area contributed by atoms with Crippen LogP contribution in [0.4, 0.5) is 0 Å². The number of nitrogens with zero attached hydrogens (tertiary/aromatic N) is 2. The molecule has 0 bridgehead atoms. The minimum atomic E-state index is -3.78. The smallest absolute Gasteiger partial charge is 0.243 e. The van der Waals surface area contributed by atoms with Gasteiger partial charge in [0.15, 0.2) is 0 Å². The largest absolute Gasteiger partial charge is 0.457 e. The maximum absolute atomic E-state index is 13.2. The Kier molecular flexibility index (Phi) is 5.13. The quantitative estimate of drug-likeness (QED) is 0.715. The standard InChI is InChI=1S/C21H20N2O4S/c24-16-14-21(20-8-4-5-13-22-20)23(15-16)28(25,26)19-11-9-18(10-12-19)27-17-6-2-1-3-7-17/h1-13,16,21,24H,14-15H2/t16-,21?/m1/s1. The topological polar surface area (TPSA) is 79.7 Å². The van der Waals surface area contributed by atoms with Crippen LogP contribution in [0.5, 0.6) is 11.5 Å². The summed E-state index contributed by atoms with van der Waals surface area (Å²) in [6, 6.07) is 20.5. The maximum atomic E-state index is 13.2. The van der Waals surface area contributed by atoms with Crippen molar-refractivity contribution in [1.29, 1.82) is 0 Å². The number of aromatic nitrogens is 1. The van der Waals surface area contributed by atoms with Gasteiger partial charge < -0.3 is 9.84 Å². The van der Waals surface area contributed by atoms with Gasteiger partial charge in [-0.15, -0.1) is 0 Å². The molecule has 6 nitrogen and oxygen atoms in total. The van der Waals surface area contributed by atoms with Crippen LogP contribution in [0.1, 0.15) is 18.2 Å². The first-order valence-electron chi connectivity index (χ1n) is 8.98. The van der Waals surface area contributed by atoms with Gasteiger partial charge in [-0.3, -0.25) is 4.98 Å². The first-order chi connectivity index (χ1) is 13.5. The fraction of sp³-hybridized carbons (Fsp3) is 0.190. The highest BCUT2D eigenvalue weighted by Crippen LogP contribution is 2.36. The average Bonchev–Trinajstić information content (AvgIpc) is 3.13. The Morgan fingerprint density at radius 3 is 2.29 bits per heavy atom. The van der Waals surface area contributed by atoms with Crippen LogP contribution in [0.15, 0.2) is 83.9 Å². The number of hydrogen-bond donors (Lipinski definition) is 1.